The van der Waals surface area contributed by atoms with Gasteiger partial charge in [0.2, 0.25) is 0 Å². The molecule has 0 saturated carbocycles. The highest BCUT2D eigenvalue weighted by atomic mass is 19.3. The second-order valence-electron chi connectivity index (χ2n) is 4.03. The van der Waals surface area contributed by atoms with Crippen LogP contribution in [0.25, 0.3) is 0 Å². The standard InChI is InChI=1S/C14H18F2N2O2/c1-3-7-18-11(9-17)10-5-6-12(20-14(15)16)13(8-10)19-4-2/h5-6,8,11,14,18H,3-4,7H2,1-2H3. The Morgan fingerprint density at radius 3 is 2.60 bits per heavy atom. The smallest absolute Gasteiger partial charge is 0.387 e. The Bertz CT molecular complexity index is 461. The molecular formula is C14H18F2N2O2. The number of alkyl halides is 2. The number of ether oxygens (including phenoxy) is 2. The zero-order chi connectivity index (χ0) is 15.0. The molecule has 20 heavy (non-hydrogen) atoms. The largest absolute Gasteiger partial charge is 0.490 e. The van der Waals surface area contributed by atoms with Crippen molar-refractivity contribution in [3.05, 3.63) is 23.8 Å². The van der Waals surface area contributed by atoms with Crippen LogP contribution in [0.2, 0.25) is 0 Å². The van der Waals surface area contributed by atoms with Gasteiger partial charge >= 0.3 is 6.61 Å². The molecule has 4 nitrogen and oxygen atoms in total. The number of hydrogen-bond donors (Lipinski definition) is 1. The summed E-state index contributed by atoms with van der Waals surface area (Å²) in [4.78, 5) is 0. The molecule has 1 N–H and O–H groups in total. The number of benzene rings is 1. The monoisotopic (exact) mass is 284 g/mol. The van der Waals surface area contributed by atoms with Crippen molar-refractivity contribution < 1.29 is 18.3 Å². The molecule has 0 aliphatic carbocycles. The van der Waals surface area contributed by atoms with Crippen molar-refractivity contribution in [3.63, 3.8) is 0 Å². The summed E-state index contributed by atoms with van der Waals surface area (Å²) >= 11 is 0. The van der Waals surface area contributed by atoms with Crippen LogP contribution in [0.1, 0.15) is 31.9 Å². The zero-order valence-corrected chi connectivity index (χ0v) is 11.5. The fourth-order valence-corrected chi connectivity index (χ4v) is 1.69. The van der Waals surface area contributed by atoms with E-state index in [9.17, 15) is 8.78 Å². The van der Waals surface area contributed by atoms with E-state index in [1.807, 2.05) is 6.92 Å². The molecule has 1 atom stereocenters. The predicted molar refractivity (Wildman–Crippen MR) is 70.9 cm³/mol. The van der Waals surface area contributed by atoms with Crippen LogP contribution in [0.15, 0.2) is 18.2 Å². The highest BCUT2D eigenvalue weighted by Gasteiger charge is 2.15. The van der Waals surface area contributed by atoms with Crippen LogP contribution in [-0.2, 0) is 0 Å². The van der Waals surface area contributed by atoms with Crippen LogP contribution in [-0.4, -0.2) is 19.8 Å². The van der Waals surface area contributed by atoms with E-state index in [2.05, 4.69) is 16.1 Å². The molecule has 0 aliphatic heterocycles. The van der Waals surface area contributed by atoms with Crippen molar-refractivity contribution in [2.75, 3.05) is 13.2 Å². The lowest BCUT2D eigenvalue weighted by Crippen LogP contribution is -2.20. The van der Waals surface area contributed by atoms with Crippen molar-refractivity contribution in [2.45, 2.75) is 32.9 Å². The van der Waals surface area contributed by atoms with E-state index in [1.165, 1.54) is 6.07 Å². The van der Waals surface area contributed by atoms with Crippen LogP contribution >= 0.6 is 0 Å². The van der Waals surface area contributed by atoms with Crippen molar-refractivity contribution in [2.24, 2.45) is 0 Å². The summed E-state index contributed by atoms with van der Waals surface area (Å²) in [5.74, 6) is 0.182. The van der Waals surface area contributed by atoms with Gasteiger partial charge in [-0.25, -0.2) is 0 Å². The van der Waals surface area contributed by atoms with Gasteiger partial charge in [0.05, 0.1) is 12.7 Å². The zero-order valence-electron chi connectivity index (χ0n) is 11.5. The molecular weight excluding hydrogens is 266 g/mol. The Morgan fingerprint density at radius 1 is 1.30 bits per heavy atom. The fraction of sp³-hybridized carbons (Fsp3) is 0.500. The number of nitrogens with one attached hydrogen (secondary N) is 1. The number of halogens is 2. The second kappa shape index (κ2) is 8.33. The molecule has 0 amide bonds. The lowest BCUT2D eigenvalue weighted by atomic mass is 10.1. The SMILES string of the molecule is CCCNC(C#N)c1ccc(OC(F)F)c(OCC)c1. The van der Waals surface area contributed by atoms with E-state index >= 15 is 0 Å². The van der Waals surface area contributed by atoms with E-state index in [0.29, 0.717) is 18.7 Å². The Kier molecular flexibility index (Phi) is 6.74. The first kappa shape index (κ1) is 16.2. The molecule has 0 saturated heterocycles. The first-order valence-corrected chi connectivity index (χ1v) is 6.46. The van der Waals surface area contributed by atoms with E-state index in [1.54, 1.807) is 19.1 Å². The maximum absolute atomic E-state index is 12.3. The van der Waals surface area contributed by atoms with Gasteiger partial charge in [-0.2, -0.15) is 14.0 Å². The van der Waals surface area contributed by atoms with Gasteiger partial charge in [-0.15, -0.1) is 0 Å². The third kappa shape index (κ3) is 4.67. The van der Waals surface area contributed by atoms with E-state index in [-0.39, 0.29) is 11.5 Å². The van der Waals surface area contributed by atoms with Gasteiger partial charge in [-0.05, 0) is 37.6 Å². The molecule has 0 spiro atoms. The van der Waals surface area contributed by atoms with Gasteiger partial charge in [-0.1, -0.05) is 13.0 Å². The summed E-state index contributed by atoms with van der Waals surface area (Å²) in [5.41, 5.74) is 0.658. The molecule has 1 rings (SSSR count). The van der Waals surface area contributed by atoms with E-state index in [0.717, 1.165) is 6.42 Å². The Labute approximate surface area is 117 Å². The highest BCUT2D eigenvalue weighted by Crippen LogP contribution is 2.31. The van der Waals surface area contributed by atoms with Gasteiger partial charge in [-0.3, -0.25) is 5.32 Å². The molecule has 0 bridgehead atoms. The predicted octanol–water partition coefficient (Wildman–Crippen LogP) is 3.25. The topological polar surface area (TPSA) is 54.3 Å². The van der Waals surface area contributed by atoms with Crippen LogP contribution < -0.4 is 14.8 Å². The minimum Gasteiger partial charge on any atom is -0.490 e. The molecule has 0 radical (unpaired) electrons. The third-order valence-corrected chi connectivity index (χ3v) is 2.54. The van der Waals surface area contributed by atoms with Crippen LogP contribution in [0, 0.1) is 11.3 Å². The lowest BCUT2D eigenvalue weighted by molar-refractivity contribution is -0.0514. The van der Waals surface area contributed by atoms with Crippen LogP contribution in [0.3, 0.4) is 0 Å². The Balaban J connectivity index is 2.98. The molecule has 0 aliphatic rings. The number of rotatable bonds is 8. The summed E-state index contributed by atoms with van der Waals surface area (Å²) in [6.45, 7) is 1.84. The minimum atomic E-state index is -2.91. The highest BCUT2D eigenvalue weighted by molar-refractivity contribution is 5.45. The fourth-order valence-electron chi connectivity index (χ4n) is 1.69. The molecule has 0 aromatic heterocycles. The Morgan fingerprint density at radius 2 is 2.05 bits per heavy atom. The van der Waals surface area contributed by atoms with Crippen LogP contribution in [0.5, 0.6) is 11.5 Å². The van der Waals surface area contributed by atoms with Gasteiger partial charge in [0.1, 0.15) is 6.04 Å². The number of nitrogens with zero attached hydrogens (tertiary/aromatic N) is 1. The molecule has 1 aromatic carbocycles. The number of nitriles is 1. The molecule has 6 heteroatoms. The van der Waals surface area contributed by atoms with Crippen molar-refractivity contribution in [1.82, 2.24) is 5.32 Å². The maximum atomic E-state index is 12.3. The second-order valence-corrected chi connectivity index (χ2v) is 4.03. The van der Waals surface area contributed by atoms with Gasteiger partial charge in [0.25, 0.3) is 0 Å². The summed E-state index contributed by atoms with van der Waals surface area (Å²) in [6, 6.07) is 6.15. The van der Waals surface area contributed by atoms with E-state index in [4.69, 9.17) is 10.00 Å². The van der Waals surface area contributed by atoms with Crippen molar-refractivity contribution in [3.8, 4) is 17.6 Å². The Hall–Kier alpha value is -1.87. The normalized spacial score (nSPS) is 12.0. The number of hydrogen-bond acceptors (Lipinski definition) is 4. The molecule has 0 heterocycles. The van der Waals surface area contributed by atoms with Gasteiger partial charge < -0.3 is 9.47 Å². The summed E-state index contributed by atoms with van der Waals surface area (Å²) < 4.78 is 34.2. The summed E-state index contributed by atoms with van der Waals surface area (Å²) in [6.07, 6.45) is 0.892. The third-order valence-electron chi connectivity index (χ3n) is 2.54. The average Bonchev–Trinajstić information content (AvgIpc) is 2.42. The van der Waals surface area contributed by atoms with E-state index < -0.39 is 12.7 Å². The average molecular weight is 284 g/mol. The maximum Gasteiger partial charge on any atom is 0.387 e. The summed E-state index contributed by atoms with van der Waals surface area (Å²) in [5, 5.41) is 12.2. The van der Waals surface area contributed by atoms with Crippen molar-refractivity contribution in [1.29, 1.82) is 5.26 Å². The molecule has 110 valence electrons. The molecule has 1 unspecified atom stereocenters. The van der Waals surface area contributed by atoms with Crippen LogP contribution in [0.4, 0.5) is 8.78 Å². The first-order chi connectivity index (χ1) is 9.62. The first-order valence-electron chi connectivity index (χ1n) is 6.46. The molecule has 0 fully saturated rings. The minimum absolute atomic E-state index is 0.0298. The molecule has 1 aromatic rings. The summed E-state index contributed by atoms with van der Waals surface area (Å²) in [7, 11) is 0. The van der Waals surface area contributed by atoms with Gasteiger partial charge in [0.15, 0.2) is 11.5 Å². The lowest BCUT2D eigenvalue weighted by Gasteiger charge is -2.15. The van der Waals surface area contributed by atoms with Crippen molar-refractivity contribution >= 4 is 0 Å². The van der Waals surface area contributed by atoms with Gasteiger partial charge in [0, 0.05) is 0 Å². The quantitative estimate of drug-likeness (QED) is 0.796.